The maximum Gasteiger partial charge on any atom is 0.138 e. The van der Waals surface area contributed by atoms with E-state index in [2.05, 4.69) is 15.4 Å². The van der Waals surface area contributed by atoms with Gasteiger partial charge in [0.2, 0.25) is 0 Å². The molecule has 2 rings (SSSR count). The number of nitrogens with one attached hydrogen (secondary N) is 1. The topological polar surface area (TPSA) is 42.7 Å². The molecule has 1 aromatic heterocycles. The number of aryl methyl sites for hydroxylation is 1. The highest BCUT2D eigenvalue weighted by molar-refractivity contribution is 6.30. The number of rotatable bonds is 5. The van der Waals surface area contributed by atoms with Crippen LogP contribution in [-0.4, -0.2) is 21.3 Å². The van der Waals surface area contributed by atoms with E-state index in [1.807, 2.05) is 14.0 Å². The van der Waals surface area contributed by atoms with Crippen molar-refractivity contribution in [3.63, 3.8) is 0 Å². The number of halogens is 2. The minimum Gasteiger partial charge on any atom is -0.310 e. The van der Waals surface area contributed by atoms with Crippen LogP contribution in [-0.2, 0) is 13.5 Å². The Morgan fingerprint density at radius 2 is 2.26 bits per heavy atom. The summed E-state index contributed by atoms with van der Waals surface area (Å²) in [6, 6.07) is 4.59. The van der Waals surface area contributed by atoms with Gasteiger partial charge in [0, 0.05) is 30.1 Å². The first-order valence-corrected chi connectivity index (χ1v) is 6.50. The molecule has 19 heavy (non-hydrogen) atoms. The lowest BCUT2D eigenvalue weighted by atomic mass is 10.0. The van der Waals surface area contributed by atoms with E-state index in [9.17, 15) is 4.39 Å². The fourth-order valence-corrected chi connectivity index (χ4v) is 2.17. The predicted molar refractivity (Wildman–Crippen MR) is 72.5 cm³/mol. The Morgan fingerprint density at radius 1 is 1.47 bits per heavy atom. The first kappa shape index (κ1) is 14.0. The largest absolute Gasteiger partial charge is 0.310 e. The SMILES string of the molecule is CCNC(Cc1ncnn1C)c1ccc(Cl)cc1F. The van der Waals surface area contributed by atoms with E-state index in [0.717, 1.165) is 12.4 Å². The summed E-state index contributed by atoms with van der Waals surface area (Å²) in [5.74, 6) is 0.501. The third-order valence-electron chi connectivity index (χ3n) is 2.98. The molecule has 0 saturated carbocycles. The molecule has 0 aliphatic carbocycles. The van der Waals surface area contributed by atoms with E-state index in [1.54, 1.807) is 16.8 Å². The summed E-state index contributed by atoms with van der Waals surface area (Å²) in [6.07, 6.45) is 2.07. The monoisotopic (exact) mass is 282 g/mol. The molecule has 1 N–H and O–H groups in total. The fourth-order valence-electron chi connectivity index (χ4n) is 2.01. The fraction of sp³-hybridized carbons (Fsp3) is 0.385. The zero-order valence-electron chi connectivity index (χ0n) is 10.9. The van der Waals surface area contributed by atoms with Crippen LogP contribution in [0, 0.1) is 5.82 Å². The average molecular weight is 283 g/mol. The zero-order chi connectivity index (χ0) is 13.8. The normalized spacial score (nSPS) is 12.6. The lowest BCUT2D eigenvalue weighted by molar-refractivity contribution is 0.492. The van der Waals surface area contributed by atoms with Crippen LogP contribution >= 0.6 is 11.6 Å². The Labute approximate surface area is 116 Å². The average Bonchev–Trinajstić information content (AvgIpc) is 2.75. The van der Waals surface area contributed by atoms with Crippen LogP contribution in [0.1, 0.15) is 24.4 Å². The van der Waals surface area contributed by atoms with E-state index >= 15 is 0 Å². The molecule has 102 valence electrons. The van der Waals surface area contributed by atoms with Gasteiger partial charge in [-0.05, 0) is 18.7 Å². The van der Waals surface area contributed by atoms with Crippen LogP contribution in [0.4, 0.5) is 4.39 Å². The van der Waals surface area contributed by atoms with Gasteiger partial charge in [-0.25, -0.2) is 9.37 Å². The first-order valence-electron chi connectivity index (χ1n) is 6.13. The second-order valence-corrected chi connectivity index (χ2v) is 4.72. The van der Waals surface area contributed by atoms with Crippen molar-refractivity contribution in [1.29, 1.82) is 0 Å². The van der Waals surface area contributed by atoms with Crippen molar-refractivity contribution in [2.24, 2.45) is 7.05 Å². The van der Waals surface area contributed by atoms with Crippen LogP contribution in [0.15, 0.2) is 24.5 Å². The van der Waals surface area contributed by atoms with Crippen LogP contribution in [0.5, 0.6) is 0 Å². The van der Waals surface area contributed by atoms with Crippen LogP contribution in [0.2, 0.25) is 5.02 Å². The highest BCUT2D eigenvalue weighted by atomic mass is 35.5. The first-order chi connectivity index (χ1) is 9.11. The molecule has 0 bridgehead atoms. The summed E-state index contributed by atoms with van der Waals surface area (Å²) >= 11 is 5.78. The molecule has 0 saturated heterocycles. The zero-order valence-corrected chi connectivity index (χ0v) is 11.7. The smallest absolute Gasteiger partial charge is 0.138 e. The van der Waals surface area contributed by atoms with Crippen LogP contribution in [0.25, 0.3) is 0 Å². The molecule has 6 heteroatoms. The van der Waals surface area contributed by atoms with Crippen LogP contribution < -0.4 is 5.32 Å². The van der Waals surface area contributed by atoms with Crippen molar-refractivity contribution in [3.8, 4) is 0 Å². The molecular weight excluding hydrogens is 267 g/mol. The Balaban J connectivity index is 2.27. The summed E-state index contributed by atoms with van der Waals surface area (Å²) in [4.78, 5) is 4.17. The molecule has 0 amide bonds. The molecular formula is C13H16ClFN4. The Kier molecular flexibility index (Phi) is 4.50. The number of hydrogen-bond donors (Lipinski definition) is 1. The van der Waals surface area contributed by atoms with Crippen molar-refractivity contribution in [1.82, 2.24) is 20.1 Å². The Hall–Kier alpha value is -1.46. The maximum atomic E-state index is 14.0. The number of nitrogens with zero attached hydrogens (tertiary/aromatic N) is 3. The van der Waals surface area contributed by atoms with Gasteiger partial charge >= 0.3 is 0 Å². The minimum absolute atomic E-state index is 0.148. The number of aromatic nitrogens is 3. The quantitative estimate of drug-likeness (QED) is 0.916. The standard InChI is InChI=1S/C13H16ClFN4/c1-3-16-12(7-13-17-8-18-19(13)2)10-5-4-9(14)6-11(10)15/h4-6,8,12,16H,3,7H2,1-2H3. The Bertz CT molecular complexity index is 555. The summed E-state index contributed by atoms with van der Waals surface area (Å²) < 4.78 is 15.7. The van der Waals surface area contributed by atoms with E-state index in [1.165, 1.54) is 12.4 Å². The van der Waals surface area contributed by atoms with Crippen molar-refractivity contribution in [2.45, 2.75) is 19.4 Å². The van der Waals surface area contributed by atoms with Gasteiger partial charge in [0.25, 0.3) is 0 Å². The van der Waals surface area contributed by atoms with Crippen molar-refractivity contribution in [2.75, 3.05) is 6.54 Å². The van der Waals surface area contributed by atoms with Gasteiger partial charge in [-0.15, -0.1) is 0 Å². The van der Waals surface area contributed by atoms with Gasteiger partial charge in [-0.3, -0.25) is 4.68 Å². The van der Waals surface area contributed by atoms with Gasteiger partial charge in [-0.2, -0.15) is 5.10 Å². The number of likely N-dealkylation sites (N-methyl/N-ethyl adjacent to an activating group) is 1. The molecule has 1 heterocycles. The van der Waals surface area contributed by atoms with E-state index in [4.69, 9.17) is 11.6 Å². The Morgan fingerprint density at radius 3 is 2.84 bits per heavy atom. The summed E-state index contributed by atoms with van der Waals surface area (Å²) in [7, 11) is 1.82. The summed E-state index contributed by atoms with van der Waals surface area (Å²) in [5, 5.41) is 7.68. The molecule has 2 aromatic rings. The lowest BCUT2D eigenvalue weighted by Crippen LogP contribution is -2.25. The molecule has 1 atom stereocenters. The third-order valence-corrected chi connectivity index (χ3v) is 3.22. The van der Waals surface area contributed by atoms with Crippen molar-refractivity contribution in [3.05, 3.63) is 46.8 Å². The van der Waals surface area contributed by atoms with Gasteiger partial charge in [0.05, 0.1) is 0 Å². The molecule has 4 nitrogen and oxygen atoms in total. The minimum atomic E-state index is -0.305. The van der Waals surface area contributed by atoms with Gasteiger partial charge in [-0.1, -0.05) is 24.6 Å². The second kappa shape index (κ2) is 6.12. The van der Waals surface area contributed by atoms with E-state index in [-0.39, 0.29) is 11.9 Å². The maximum absolute atomic E-state index is 14.0. The van der Waals surface area contributed by atoms with Crippen LogP contribution in [0.3, 0.4) is 0 Å². The molecule has 0 spiro atoms. The third kappa shape index (κ3) is 3.30. The van der Waals surface area contributed by atoms with Crippen molar-refractivity contribution < 1.29 is 4.39 Å². The predicted octanol–water partition coefficient (Wildman–Crippen LogP) is 2.50. The molecule has 1 unspecified atom stereocenters. The van der Waals surface area contributed by atoms with E-state index in [0.29, 0.717) is 17.0 Å². The summed E-state index contributed by atoms with van der Waals surface area (Å²) in [5.41, 5.74) is 0.592. The highest BCUT2D eigenvalue weighted by Crippen LogP contribution is 2.23. The molecule has 0 fully saturated rings. The van der Waals surface area contributed by atoms with Gasteiger partial charge in [0.1, 0.15) is 18.0 Å². The molecule has 0 aliphatic heterocycles. The summed E-state index contributed by atoms with van der Waals surface area (Å²) in [6.45, 7) is 2.72. The molecule has 1 aromatic carbocycles. The number of hydrogen-bond acceptors (Lipinski definition) is 3. The number of benzene rings is 1. The molecule has 0 aliphatic rings. The molecule has 0 radical (unpaired) electrons. The van der Waals surface area contributed by atoms with E-state index < -0.39 is 0 Å². The lowest BCUT2D eigenvalue weighted by Gasteiger charge is -2.18. The second-order valence-electron chi connectivity index (χ2n) is 4.28. The highest BCUT2D eigenvalue weighted by Gasteiger charge is 2.17. The van der Waals surface area contributed by atoms with Crippen molar-refractivity contribution >= 4 is 11.6 Å². The van der Waals surface area contributed by atoms with Gasteiger partial charge in [0.15, 0.2) is 0 Å². The van der Waals surface area contributed by atoms with Gasteiger partial charge < -0.3 is 5.32 Å².